The van der Waals surface area contributed by atoms with Gasteiger partial charge in [0.05, 0.1) is 19.9 Å². The molecular weight excluding hydrogens is 404 g/mol. The molecule has 32 heavy (non-hydrogen) atoms. The average Bonchev–Trinajstić information content (AvgIpc) is 2.79. The summed E-state index contributed by atoms with van der Waals surface area (Å²) in [5.41, 5.74) is 4.03. The zero-order chi connectivity index (χ0) is 22.8. The summed E-state index contributed by atoms with van der Waals surface area (Å²) >= 11 is 0. The lowest BCUT2D eigenvalue weighted by molar-refractivity contribution is -0.128. The fraction of sp³-hybridized carbons (Fsp3) is 0.231. The summed E-state index contributed by atoms with van der Waals surface area (Å²) < 4.78 is 10.8. The lowest BCUT2D eigenvalue weighted by Crippen LogP contribution is -2.56. The molecule has 1 unspecified atom stereocenters. The topological polar surface area (TPSA) is 59.1 Å². The van der Waals surface area contributed by atoms with Crippen LogP contribution >= 0.6 is 0 Å². The van der Waals surface area contributed by atoms with Gasteiger partial charge in [-0.2, -0.15) is 0 Å². The van der Waals surface area contributed by atoms with Gasteiger partial charge in [0.15, 0.2) is 0 Å². The van der Waals surface area contributed by atoms with Gasteiger partial charge in [0, 0.05) is 11.8 Å². The Hall–Kier alpha value is -3.80. The van der Waals surface area contributed by atoms with E-state index in [9.17, 15) is 9.59 Å². The van der Waals surface area contributed by atoms with Crippen molar-refractivity contribution in [1.29, 1.82) is 0 Å². The van der Waals surface area contributed by atoms with Crippen molar-refractivity contribution in [2.45, 2.75) is 19.9 Å². The van der Waals surface area contributed by atoms with Gasteiger partial charge < -0.3 is 9.47 Å². The number of amides is 2. The highest BCUT2D eigenvalue weighted by Gasteiger charge is 2.42. The van der Waals surface area contributed by atoms with Crippen LogP contribution in [0.5, 0.6) is 11.5 Å². The van der Waals surface area contributed by atoms with Crippen molar-refractivity contribution in [3.63, 3.8) is 0 Å². The van der Waals surface area contributed by atoms with E-state index < -0.39 is 6.04 Å². The summed E-state index contributed by atoms with van der Waals surface area (Å²) in [4.78, 5) is 30.6. The van der Waals surface area contributed by atoms with Crippen LogP contribution in [-0.4, -0.2) is 32.6 Å². The van der Waals surface area contributed by atoms with E-state index in [0.29, 0.717) is 22.9 Å². The van der Waals surface area contributed by atoms with Gasteiger partial charge in [0.2, 0.25) is 5.91 Å². The van der Waals surface area contributed by atoms with E-state index in [1.54, 1.807) is 30.2 Å². The molecule has 1 aliphatic heterocycles. The molecule has 0 radical (unpaired) electrons. The van der Waals surface area contributed by atoms with Crippen molar-refractivity contribution in [3.8, 4) is 11.5 Å². The van der Waals surface area contributed by atoms with Crippen molar-refractivity contribution in [2.75, 3.05) is 30.6 Å². The molecule has 4 rings (SSSR count). The molecule has 1 saturated heterocycles. The number of carbonyl (C=O) groups excluding carboxylic acids is 2. The van der Waals surface area contributed by atoms with Crippen LogP contribution in [0.3, 0.4) is 0 Å². The van der Waals surface area contributed by atoms with Crippen LogP contribution in [0.2, 0.25) is 0 Å². The maximum atomic E-state index is 13.9. The Morgan fingerprint density at radius 3 is 2.16 bits per heavy atom. The molecule has 6 nitrogen and oxygen atoms in total. The smallest absolute Gasteiger partial charge is 0.255 e. The zero-order valence-corrected chi connectivity index (χ0v) is 18.7. The monoisotopic (exact) mass is 430 g/mol. The molecule has 1 aliphatic rings. The number of benzene rings is 3. The first-order valence-corrected chi connectivity index (χ1v) is 10.4. The fourth-order valence-electron chi connectivity index (χ4n) is 4.21. The third-order valence-corrected chi connectivity index (χ3v) is 5.60. The fourth-order valence-corrected chi connectivity index (χ4v) is 4.21. The number of hydrogen-bond donors (Lipinski definition) is 0. The van der Waals surface area contributed by atoms with E-state index >= 15 is 0 Å². The Bertz CT molecular complexity index is 1140. The standard InChI is InChI=1S/C26H26N2O4/c1-17-12-18(2)14-20(13-17)28-24(29)16-27(22-15-21(31-3)10-11-23(22)32-4)26(30)25(28)19-8-6-5-7-9-19/h5-15,25H,16H2,1-4H3. The molecule has 6 heteroatoms. The number of carbonyl (C=O) groups is 2. The molecular formula is C26H26N2O4. The number of anilines is 2. The molecule has 1 atom stereocenters. The molecule has 0 N–H and O–H groups in total. The average molecular weight is 431 g/mol. The summed E-state index contributed by atoms with van der Waals surface area (Å²) in [6, 6.07) is 19.7. The third-order valence-electron chi connectivity index (χ3n) is 5.60. The van der Waals surface area contributed by atoms with Gasteiger partial charge in [-0.15, -0.1) is 0 Å². The number of methoxy groups -OCH3 is 2. The van der Waals surface area contributed by atoms with Crippen LogP contribution in [0.15, 0.2) is 66.7 Å². The quantitative estimate of drug-likeness (QED) is 0.600. The maximum absolute atomic E-state index is 13.9. The minimum absolute atomic E-state index is 0.0985. The molecule has 1 heterocycles. The molecule has 3 aromatic rings. The van der Waals surface area contributed by atoms with E-state index in [2.05, 4.69) is 0 Å². The van der Waals surface area contributed by atoms with Gasteiger partial charge in [-0.05, 0) is 54.8 Å². The van der Waals surface area contributed by atoms with Crippen LogP contribution in [0.25, 0.3) is 0 Å². The summed E-state index contributed by atoms with van der Waals surface area (Å²) in [5, 5.41) is 0. The third kappa shape index (κ3) is 3.91. The molecule has 1 fully saturated rings. The second-order valence-electron chi connectivity index (χ2n) is 7.89. The highest BCUT2D eigenvalue weighted by molar-refractivity contribution is 6.15. The van der Waals surface area contributed by atoms with Crippen LogP contribution in [-0.2, 0) is 9.59 Å². The molecule has 2 amide bonds. The first-order valence-electron chi connectivity index (χ1n) is 10.4. The van der Waals surface area contributed by atoms with Crippen LogP contribution in [0.1, 0.15) is 22.7 Å². The Morgan fingerprint density at radius 1 is 0.844 bits per heavy atom. The van der Waals surface area contributed by atoms with Crippen molar-refractivity contribution in [3.05, 3.63) is 83.4 Å². The van der Waals surface area contributed by atoms with Crippen LogP contribution in [0.4, 0.5) is 11.4 Å². The lowest BCUT2D eigenvalue weighted by Gasteiger charge is -2.41. The Labute approximate surface area is 188 Å². The van der Waals surface area contributed by atoms with Crippen molar-refractivity contribution >= 4 is 23.2 Å². The molecule has 0 spiro atoms. The van der Waals surface area contributed by atoms with Gasteiger partial charge in [-0.3, -0.25) is 19.4 Å². The molecule has 0 aliphatic carbocycles. The van der Waals surface area contributed by atoms with Gasteiger partial charge in [-0.25, -0.2) is 0 Å². The Balaban J connectivity index is 1.86. The van der Waals surface area contributed by atoms with Gasteiger partial charge >= 0.3 is 0 Å². The first kappa shape index (κ1) is 21.4. The summed E-state index contributed by atoms with van der Waals surface area (Å²) in [6.07, 6.45) is 0. The predicted octanol–water partition coefficient (Wildman–Crippen LogP) is 4.44. The summed E-state index contributed by atoms with van der Waals surface area (Å²) in [6.45, 7) is 3.87. The Morgan fingerprint density at radius 2 is 1.53 bits per heavy atom. The SMILES string of the molecule is COc1ccc(OC)c(N2CC(=O)N(c3cc(C)cc(C)c3)C(c3ccccc3)C2=O)c1. The minimum Gasteiger partial charge on any atom is -0.497 e. The number of rotatable bonds is 5. The zero-order valence-electron chi connectivity index (χ0n) is 18.7. The number of hydrogen-bond acceptors (Lipinski definition) is 4. The number of piperazine rings is 1. The van der Waals surface area contributed by atoms with Crippen molar-refractivity contribution in [2.24, 2.45) is 0 Å². The molecule has 0 saturated carbocycles. The maximum Gasteiger partial charge on any atom is 0.255 e. The van der Waals surface area contributed by atoms with Gasteiger partial charge in [-0.1, -0.05) is 36.4 Å². The largest absolute Gasteiger partial charge is 0.497 e. The van der Waals surface area contributed by atoms with Crippen LogP contribution < -0.4 is 19.3 Å². The van der Waals surface area contributed by atoms with Crippen LogP contribution in [0, 0.1) is 13.8 Å². The second-order valence-corrected chi connectivity index (χ2v) is 7.89. The lowest BCUT2D eigenvalue weighted by atomic mass is 9.98. The predicted molar refractivity (Wildman–Crippen MR) is 124 cm³/mol. The molecule has 164 valence electrons. The summed E-state index contributed by atoms with van der Waals surface area (Å²) in [7, 11) is 3.10. The van der Waals surface area contributed by atoms with E-state index in [0.717, 1.165) is 16.7 Å². The van der Waals surface area contributed by atoms with Gasteiger partial charge in [0.25, 0.3) is 5.91 Å². The highest BCUT2D eigenvalue weighted by atomic mass is 16.5. The molecule has 0 bridgehead atoms. The highest BCUT2D eigenvalue weighted by Crippen LogP contribution is 2.39. The summed E-state index contributed by atoms with van der Waals surface area (Å²) in [5.74, 6) is 0.697. The van der Waals surface area contributed by atoms with E-state index in [1.165, 1.54) is 12.0 Å². The minimum atomic E-state index is -0.797. The van der Waals surface area contributed by atoms with E-state index in [1.807, 2.05) is 62.4 Å². The number of aryl methyl sites for hydroxylation is 2. The molecule has 0 aromatic heterocycles. The number of nitrogens with zero attached hydrogens (tertiary/aromatic N) is 2. The van der Waals surface area contributed by atoms with Crippen molar-refractivity contribution in [1.82, 2.24) is 0 Å². The van der Waals surface area contributed by atoms with Gasteiger partial charge in [0.1, 0.15) is 24.1 Å². The van der Waals surface area contributed by atoms with E-state index in [-0.39, 0.29) is 18.4 Å². The Kier molecular flexibility index (Phi) is 5.86. The normalized spacial score (nSPS) is 16.3. The van der Waals surface area contributed by atoms with E-state index in [4.69, 9.17) is 9.47 Å². The molecule has 3 aromatic carbocycles. The van der Waals surface area contributed by atoms with Crippen molar-refractivity contribution < 1.29 is 19.1 Å². The second kappa shape index (κ2) is 8.75. The number of ether oxygens (including phenoxy) is 2. The first-order chi connectivity index (χ1) is 15.4.